The van der Waals surface area contributed by atoms with E-state index >= 15 is 0 Å². The third kappa shape index (κ3) is 10.3. The maximum Gasteiger partial charge on any atom is -0.0200 e. The average molecular weight is 529 g/mol. The Morgan fingerprint density at radius 1 is 0.737 bits per heavy atom. The molecule has 0 aromatic rings. The Hall–Kier alpha value is -0.260. The van der Waals surface area contributed by atoms with Crippen molar-refractivity contribution in [3.05, 3.63) is 11.6 Å². The molecule has 0 saturated heterocycles. The van der Waals surface area contributed by atoms with E-state index in [-0.39, 0.29) is 0 Å². The number of allylic oxidation sites excluding steroid dienone is 2. The molecule has 2 fully saturated rings. The lowest BCUT2D eigenvalue weighted by molar-refractivity contribution is -0.0255. The van der Waals surface area contributed by atoms with Crippen LogP contribution in [0.2, 0.25) is 0 Å². The Morgan fingerprint density at radius 2 is 1.32 bits per heavy atom. The third-order valence-electron chi connectivity index (χ3n) is 11.8. The van der Waals surface area contributed by atoms with Gasteiger partial charge in [-0.05, 0) is 98.7 Å². The minimum Gasteiger partial charge on any atom is -0.0822 e. The van der Waals surface area contributed by atoms with Crippen LogP contribution in [-0.4, -0.2) is 0 Å². The molecule has 0 spiro atoms. The van der Waals surface area contributed by atoms with E-state index in [1.807, 2.05) is 5.57 Å². The van der Waals surface area contributed by atoms with E-state index in [0.29, 0.717) is 10.8 Å². The van der Waals surface area contributed by atoms with Gasteiger partial charge >= 0.3 is 0 Å². The van der Waals surface area contributed by atoms with Crippen LogP contribution in [0.15, 0.2) is 11.6 Å². The summed E-state index contributed by atoms with van der Waals surface area (Å²) in [7, 11) is 0. The van der Waals surface area contributed by atoms with Gasteiger partial charge in [-0.1, -0.05) is 144 Å². The fourth-order valence-electron chi connectivity index (χ4n) is 9.37. The molecule has 0 nitrogen and oxygen atoms in total. The van der Waals surface area contributed by atoms with E-state index < -0.39 is 0 Å². The first-order valence-electron chi connectivity index (χ1n) is 18.0. The van der Waals surface area contributed by atoms with Gasteiger partial charge in [0, 0.05) is 0 Å². The highest BCUT2D eigenvalue weighted by Gasteiger charge is 2.46. The van der Waals surface area contributed by atoms with Crippen LogP contribution < -0.4 is 0 Å². The largest absolute Gasteiger partial charge is 0.0822 e. The number of unbranched alkanes of at least 4 members (excludes halogenated alkanes) is 1. The van der Waals surface area contributed by atoms with Gasteiger partial charge in [-0.25, -0.2) is 0 Å². The molecule has 0 N–H and O–H groups in total. The SMILES string of the molecule is CCCCC(C)(C)C(CC)(CC)C1CCCCCCC(CC2CCCC2=CC(C)CCC)CCCCCC1. The Bertz CT molecular complexity index is 604. The van der Waals surface area contributed by atoms with Gasteiger partial charge in [-0.3, -0.25) is 0 Å². The van der Waals surface area contributed by atoms with E-state index in [4.69, 9.17) is 0 Å². The molecule has 0 aromatic heterocycles. The fourth-order valence-corrected chi connectivity index (χ4v) is 9.37. The third-order valence-corrected chi connectivity index (χ3v) is 11.8. The standard InChI is InChI=1S/C38H72/c1-8-12-29-37(6,7)38(10-3,11-4)36-27-19-15-13-17-23-33(24-18-14-16-20-28-36)31-35-26-21-25-34(35)30-32(5)22-9-2/h30,32-33,35-36H,8-29,31H2,1-7H3. The van der Waals surface area contributed by atoms with E-state index in [1.165, 1.54) is 148 Å². The van der Waals surface area contributed by atoms with Crippen molar-refractivity contribution in [2.24, 2.45) is 34.5 Å². The predicted molar refractivity (Wildman–Crippen MR) is 173 cm³/mol. The normalized spacial score (nSPS) is 27.3. The van der Waals surface area contributed by atoms with Crippen molar-refractivity contribution >= 4 is 0 Å². The molecular formula is C38H72. The van der Waals surface area contributed by atoms with Gasteiger partial charge < -0.3 is 0 Å². The van der Waals surface area contributed by atoms with Crippen LogP contribution in [0.3, 0.4) is 0 Å². The van der Waals surface area contributed by atoms with Crippen molar-refractivity contribution in [3.63, 3.8) is 0 Å². The summed E-state index contributed by atoms with van der Waals surface area (Å²) >= 11 is 0. The topological polar surface area (TPSA) is 0 Å². The van der Waals surface area contributed by atoms with E-state index in [9.17, 15) is 0 Å². The molecule has 0 radical (unpaired) electrons. The molecule has 0 heteroatoms. The molecule has 0 aliphatic heterocycles. The Morgan fingerprint density at radius 3 is 1.84 bits per heavy atom. The smallest absolute Gasteiger partial charge is 0.0200 e. The van der Waals surface area contributed by atoms with Crippen molar-refractivity contribution in [1.29, 1.82) is 0 Å². The molecule has 2 saturated carbocycles. The zero-order chi connectivity index (χ0) is 27.9. The minimum atomic E-state index is 0.470. The first kappa shape index (κ1) is 33.9. The molecule has 38 heavy (non-hydrogen) atoms. The number of hydrogen-bond acceptors (Lipinski definition) is 0. The maximum atomic E-state index is 2.71. The molecule has 2 atom stereocenters. The summed E-state index contributed by atoms with van der Waals surface area (Å²) in [5.74, 6) is 3.64. The van der Waals surface area contributed by atoms with Crippen LogP contribution in [0.25, 0.3) is 0 Å². The molecular weight excluding hydrogens is 456 g/mol. The summed E-state index contributed by atoms with van der Waals surface area (Å²) in [5, 5.41) is 0. The second-order valence-corrected chi connectivity index (χ2v) is 14.7. The van der Waals surface area contributed by atoms with E-state index in [2.05, 4.69) is 54.5 Å². The van der Waals surface area contributed by atoms with Crippen LogP contribution >= 0.6 is 0 Å². The van der Waals surface area contributed by atoms with E-state index in [1.54, 1.807) is 0 Å². The van der Waals surface area contributed by atoms with Crippen LogP contribution in [0.5, 0.6) is 0 Å². The van der Waals surface area contributed by atoms with Crippen LogP contribution in [0.1, 0.15) is 196 Å². The molecule has 2 aliphatic rings. The summed E-state index contributed by atoms with van der Waals surface area (Å²) < 4.78 is 0. The maximum absolute atomic E-state index is 2.71. The van der Waals surface area contributed by atoms with Gasteiger partial charge in [0.15, 0.2) is 0 Å². The summed E-state index contributed by atoms with van der Waals surface area (Å²) in [6, 6.07) is 0. The van der Waals surface area contributed by atoms with Crippen molar-refractivity contribution < 1.29 is 0 Å². The lowest BCUT2D eigenvalue weighted by Gasteiger charge is -2.52. The molecule has 2 unspecified atom stereocenters. The van der Waals surface area contributed by atoms with Gasteiger partial charge in [-0.2, -0.15) is 0 Å². The molecule has 224 valence electrons. The molecule has 0 bridgehead atoms. The highest BCUT2D eigenvalue weighted by atomic mass is 14.5. The van der Waals surface area contributed by atoms with Crippen LogP contribution in [0.4, 0.5) is 0 Å². The van der Waals surface area contributed by atoms with Crippen molar-refractivity contribution in [1.82, 2.24) is 0 Å². The highest BCUT2D eigenvalue weighted by Crippen LogP contribution is 2.55. The summed E-state index contributed by atoms with van der Waals surface area (Å²) in [4.78, 5) is 0. The quantitative estimate of drug-likeness (QED) is 0.221. The molecule has 0 heterocycles. The monoisotopic (exact) mass is 529 g/mol. The lowest BCUT2D eigenvalue weighted by atomic mass is 9.53. The van der Waals surface area contributed by atoms with Gasteiger partial charge in [0.1, 0.15) is 0 Å². The average Bonchev–Trinajstić information content (AvgIpc) is 3.32. The second kappa shape index (κ2) is 18.2. The summed E-state index contributed by atoms with van der Waals surface area (Å²) in [6.45, 7) is 17.5. The van der Waals surface area contributed by atoms with Crippen molar-refractivity contribution in [2.45, 2.75) is 196 Å². The Labute approximate surface area is 242 Å². The predicted octanol–water partition coefficient (Wildman–Crippen LogP) is 13.5. The lowest BCUT2D eigenvalue weighted by Crippen LogP contribution is -2.43. The molecule has 2 rings (SSSR count). The summed E-state index contributed by atoms with van der Waals surface area (Å²) in [6.07, 6.45) is 36.0. The summed E-state index contributed by atoms with van der Waals surface area (Å²) in [5.41, 5.74) is 2.86. The fraction of sp³-hybridized carbons (Fsp3) is 0.947. The zero-order valence-electron chi connectivity index (χ0n) is 27.7. The zero-order valence-corrected chi connectivity index (χ0v) is 27.7. The van der Waals surface area contributed by atoms with Gasteiger partial charge in [0.05, 0.1) is 0 Å². The number of hydrogen-bond donors (Lipinski definition) is 0. The van der Waals surface area contributed by atoms with Crippen LogP contribution in [-0.2, 0) is 0 Å². The Kier molecular flexibility index (Phi) is 16.3. The number of rotatable bonds is 12. The molecule has 0 amide bonds. The first-order chi connectivity index (χ1) is 18.3. The highest BCUT2D eigenvalue weighted by molar-refractivity contribution is 5.12. The first-order valence-corrected chi connectivity index (χ1v) is 18.0. The van der Waals surface area contributed by atoms with Crippen LogP contribution in [0, 0.1) is 34.5 Å². The Balaban J connectivity index is 1.97. The van der Waals surface area contributed by atoms with Gasteiger partial charge in [-0.15, -0.1) is 0 Å². The second-order valence-electron chi connectivity index (χ2n) is 14.7. The van der Waals surface area contributed by atoms with Gasteiger partial charge in [0.2, 0.25) is 0 Å². The van der Waals surface area contributed by atoms with Crippen molar-refractivity contribution in [3.8, 4) is 0 Å². The van der Waals surface area contributed by atoms with E-state index in [0.717, 1.165) is 23.7 Å². The van der Waals surface area contributed by atoms with Gasteiger partial charge in [0.25, 0.3) is 0 Å². The molecule has 2 aliphatic carbocycles. The minimum absolute atomic E-state index is 0.470. The molecule has 0 aromatic carbocycles. The van der Waals surface area contributed by atoms with Crippen molar-refractivity contribution in [2.75, 3.05) is 0 Å².